The fraction of sp³-hybridized carbons (Fsp3) is 0.375. The zero-order valence-electron chi connectivity index (χ0n) is 14.3. The fourth-order valence-corrected chi connectivity index (χ4v) is 5.23. The molecule has 3 heterocycles. The van der Waals surface area contributed by atoms with Gasteiger partial charge in [0.2, 0.25) is 0 Å². The average molecular weight is 413 g/mol. The van der Waals surface area contributed by atoms with Gasteiger partial charge in [-0.25, -0.2) is 8.42 Å². The number of thiophene rings is 1. The topological polar surface area (TPSA) is 118 Å². The zero-order chi connectivity index (χ0) is 19.3. The summed E-state index contributed by atoms with van der Waals surface area (Å²) in [6.07, 6.45) is 1.15. The van der Waals surface area contributed by atoms with Crippen molar-refractivity contribution in [1.82, 2.24) is 14.9 Å². The van der Waals surface area contributed by atoms with Gasteiger partial charge in [-0.2, -0.15) is 4.31 Å². The molecule has 3 rings (SSSR count). The molecule has 0 bridgehead atoms. The molecule has 0 saturated carbocycles. The van der Waals surface area contributed by atoms with Crippen LogP contribution in [-0.2, 0) is 30.9 Å². The van der Waals surface area contributed by atoms with E-state index >= 15 is 0 Å². The summed E-state index contributed by atoms with van der Waals surface area (Å²) in [6.45, 7) is 0.614. The number of carbonyl (C=O) groups is 2. The summed E-state index contributed by atoms with van der Waals surface area (Å²) >= 11 is 1.11. The van der Waals surface area contributed by atoms with E-state index in [-0.39, 0.29) is 23.8 Å². The van der Waals surface area contributed by atoms with E-state index in [0.29, 0.717) is 18.8 Å². The van der Waals surface area contributed by atoms with E-state index in [4.69, 9.17) is 9.15 Å². The van der Waals surface area contributed by atoms with Gasteiger partial charge in [0.15, 0.2) is 0 Å². The van der Waals surface area contributed by atoms with Gasteiger partial charge < -0.3 is 19.8 Å². The molecule has 9 nitrogen and oxygen atoms in total. The molecule has 0 aliphatic carbocycles. The number of sulfonamides is 1. The van der Waals surface area contributed by atoms with E-state index in [0.717, 1.165) is 11.3 Å². The molecule has 0 radical (unpaired) electrons. The lowest BCUT2D eigenvalue weighted by Gasteiger charge is -2.34. The highest BCUT2D eigenvalue weighted by molar-refractivity contribution is 7.91. The molecule has 1 fully saturated rings. The predicted molar refractivity (Wildman–Crippen MR) is 96.1 cm³/mol. The Kier molecular flexibility index (Phi) is 6.26. The van der Waals surface area contributed by atoms with Crippen LogP contribution in [0.25, 0.3) is 0 Å². The maximum Gasteiger partial charge on any atom is 0.309 e. The average Bonchev–Trinajstić information content (AvgIpc) is 3.38. The highest BCUT2D eigenvalue weighted by Gasteiger charge is 2.35. The van der Waals surface area contributed by atoms with E-state index < -0.39 is 28.1 Å². The molecule has 1 saturated heterocycles. The van der Waals surface area contributed by atoms with Gasteiger partial charge in [-0.15, -0.1) is 11.3 Å². The number of nitrogens with one attached hydrogen (secondary N) is 2. The summed E-state index contributed by atoms with van der Waals surface area (Å²) in [5, 5.41) is 6.52. The number of nitrogens with zero attached hydrogens (tertiary/aromatic N) is 1. The first-order valence-corrected chi connectivity index (χ1v) is 10.6. The van der Waals surface area contributed by atoms with Crippen molar-refractivity contribution >= 4 is 33.2 Å². The third-order valence-corrected chi connectivity index (χ3v) is 7.12. The Bertz CT molecular complexity index is 864. The first-order valence-electron chi connectivity index (χ1n) is 8.24. The molecule has 2 aromatic rings. The van der Waals surface area contributed by atoms with Gasteiger partial charge in [0.1, 0.15) is 16.2 Å². The van der Waals surface area contributed by atoms with Crippen molar-refractivity contribution in [2.24, 2.45) is 0 Å². The predicted octanol–water partition coefficient (Wildman–Crippen LogP) is 0.511. The van der Waals surface area contributed by atoms with Crippen LogP contribution in [0, 0.1) is 0 Å². The summed E-state index contributed by atoms with van der Waals surface area (Å²) in [5.41, 5.74) is 0. The third kappa shape index (κ3) is 4.75. The molecule has 27 heavy (non-hydrogen) atoms. The van der Waals surface area contributed by atoms with E-state index in [1.165, 1.54) is 16.6 Å². The molecule has 2 amide bonds. The first-order chi connectivity index (χ1) is 13.0. The van der Waals surface area contributed by atoms with Gasteiger partial charge in [-0.3, -0.25) is 9.59 Å². The number of hydrogen-bond donors (Lipinski definition) is 2. The van der Waals surface area contributed by atoms with E-state index in [9.17, 15) is 18.0 Å². The van der Waals surface area contributed by atoms with Crippen molar-refractivity contribution in [3.63, 3.8) is 0 Å². The lowest BCUT2D eigenvalue weighted by Crippen LogP contribution is -2.52. The first kappa shape index (κ1) is 19.5. The van der Waals surface area contributed by atoms with Crippen molar-refractivity contribution in [2.45, 2.75) is 23.4 Å². The SMILES string of the molecule is O=C(NCc1ccco1)C(=O)NCC1OCCCN1S(=O)(=O)c1cccs1. The quantitative estimate of drug-likeness (QED) is 0.667. The molecule has 0 aromatic carbocycles. The number of hydrogen-bond acceptors (Lipinski definition) is 7. The van der Waals surface area contributed by atoms with Crippen molar-refractivity contribution < 1.29 is 27.2 Å². The van der Waals surface area contributed by atoms with Crippen LogP contribution in [0.1, 0.15) is 12.2 Å². The molecule has 1 atom stereocenters. The number of ether oxygens (including phenoxy) is 1. The van der Waals surface area contributed by atoms with Crippen LogP contribution < -0.4 is 10.6 Å². The molecule has 1 unspecified atom stereocenters. The monoisotopic (exact) mass is 413 g/mol. The molecular formula is C16H19N3O6S2. The van der Waals surface area contributed by atoms with E-state index in [1.807, 2.05) is 0 Å². The standard InChI is InChI=1S/C16H19N3O6S2/c20-15(17-10-12-4-1-7-24-12)16(21)18-11-13-19(6-3-8-25-13)27(22,23)14-5-2-9-26-14/h1-2,4-5,7,9,13H,3,6,8,10-11H2,(H,17,20)(H,18,21). The second-order valence-corrected chi connectivity index (χ2v) is 8.76. The smallest absolute Gasteiger partial charge is 0.309 e. The Labute approximate surface area is 160 Å². The Morgan fingerprint density at radius 3 is 2.74 bits per heavy atom. The minimum absolute atomic E-state index is 0.0814. The van der Waals surface area contributed by atoms with Gasteiger partial charge >= 0.3 is 11.8 Å². The highest BCUT2D eigenvalue weighted by atomic mass is 32.2. The zero-order valence-corrected chi connectivity index (χ0v) is 15.9. The van der Waals surface area contributed by atoms with Crippen molar-refractivity contribution in [3.8, 4) is 0 Å². The number of rotatable bonds is 6. The Hall–Kier alpha value is -2.21. The maximum absolute atomic E-state index is 12.7. The molecule has 2 aromatic heterocycles. The van der Waals surface area contributed by atoms with Crippen molar-refractivity contribution in [3.05, 3.63) is 41.7 Å². The summed E-state index contributed by atoms with van der Waals surface area (Å²) < 4.78 is 37.5. The minimum Gasteiger partial charge on any atom is -0.467 e. The molecular weight excluding hydrogens is 394 g/mol. The van der Waals surface area contributed by atoms with Crippen molar-refractivity contribution in [1.29, 1.82) is 0 Å². The van der Waals surface area contributed by atoms with E-state index in [2.05, 4.69) is 10.6 Å². The van der Waals surface area contributed by atoms with Crippen LogP contribution in [0.5, 0.6) is 0 Å². The van der Waals surface area contributed by atoms with Crippen LogP contribution in [0.2, 0.25) is 0 Å². The van der Waals surface area contributed by atoms with Gasteiger partial charge in [0.05, 0.1) is 26.0 Å². The van der Waals surface area contributed by atoms with Gasteiger partial charge in [0.25, 0.3) is 10.0 Å². The normalized spacial score (nSPS) is 18.1. The van der Waals surface area contributed by atoms with Crippen LogP contribution in [0.3, 0.4) is 0 Å². The fourth-order valence-electron chi connectivity index (χ4n) is 2.55. The largest absolute Gasteiger partial charge is 0.467 e. The molecule has 2 N–H and O–H groups in total. The molecule has 11 heteroatoms. The number of furan rings is 1. The van der Waals surface area contributed by atoms with Crippen LogP contribution in [0.4, 0.5) is 0 Å². The number of carbonyl (C=O) groups excluding carboxylic acids is 2. The van der Waals surface area contributed by atoms with Crippen LogP contribution in [0.15, 0.2) is 44.5 Å². The Morgan fingerprint density at radius 1 is 1.22 bits per heavy atom. The molecule has 1 aliphatic rings. The van der Waals surface area contributed by atoms with Crippen LogP contribution in [-0.4, -0.2) is 50.5 Å². The second kappa shape index (κ2) is 8.65. The summed E-state index contributed by atoms with van der Waals surface area (Å²) in [7, 11) is -3.71. The highest BCUT2D eigenvalue weighted by Crippen LogP contribution is 2.25. The Balaban J connectivity index is 1.56. The van der Waals surface area contributed by atoms with E-state index in [1.54, 1.807) is 23.6 Å². The summed E-state index contributed by atoms with van der Waals surface area (Å²) in [6, 6.07) is 6.51. The lowest BCUT2D eigenvalue weighted by molar-refractivity contribution is -0.140. The van der Waals surface area contributed by atoms with Gasteiger partial charge in [-0.1, -0.05) is 6.07 Å². The van der Waals surface area contributed by atoms with Gasteiger partial charge in [0, 0.05) is 6.54 Å². The number of amides is 2. The van der Waals surface area contributed by atoms with Crippen LogP contribution >= 0.6 is 11.3 Å². The molecule has 0 spiro atoms. The molecule has 1 aliphatic heterocycles. The Morgan fingerprint density at radius 2 is 2.04 bits per heavy atom. The summed E-state index contributed by atoms with van der Waals surface area (Å²) in [5.74, 6) is -1.20. The molecule has 146 valence electrons. The second-order valence-electron chi connectivity index (χ2n) is 5.70. The van der Waals surface area contributed by atoms with Crippen molar-refractivity contribution in [2.75, 3.05) is 19.7 Å². The minimum atomic E-state index is -3.71. The third-order valence-electron chi connectivity index (χ3n) is 3.86. The van der Waals surface area contributed by atoms with Gasteiger partial charge in [-0.05, 0) is 30.0 Å². The maximum atomic E-state index is 12.7. The lowest BCUT2D eigenvalue weighted by atomic mass is 10.3. The summed E-state index contributed by atoms with van der Waals surface area (Å²) in [4.78, 5) is 23.8.